The molecule has 0 aromatic heterocycles. The summed E-state index contributed by atoms with van der Waals surface area (Å²) in [5.74, 6) is -7.13. The van der Waals surface area contributed by atoms with Crippen LogP contribution in [-0.2, 0) is 85.9 Å². The Kier molecular flexibility index (Phi) is 25.3. The molecule has 0 aliphatic rings. The van der Waals surface area contributed by atoms with Gasteiger partial charge in [-0.2, -0.15) is 0 Å². The van der Waals surface area contributed by atoms with Crippen LogP contribution in [0.15, 0.2) is 54.6 Å². The van der Waals surface area contributed by atoms with Crippen LogP contribution in [-0.4, -0.2) is 109 Å². The Balaban J connectivity index is 2.63. The standard InChI is InChI=1S/C48H65FO15/c1-9-11-12-13-14-15-17-35-19-20-38(40(49)26-35)39-27-37(18-16-21-58-42(50)33(3)4)41(28-36(39)10-2)61-29-48(30-62-43(51)34(5)6,31-63-46(54)44(52)59-24-22-56-7)32-64-47(55)45(53)60-25-23-57-8/h19-20,26-28H,3,5,9-18,21-25,29-32H2,1-2,4,6-8H3. The third-order valence-corrected chi connectivity index (χ3v) is 9.77. The molecule has 0 amide bonds. The second kappa shape index (κ2) is 29.7. The Hall–Kier alpha value is -5.61. The molecule has 354 valence electrons. The highest BCUT2D eigenvalue weighted by Gasteiger charge is 2.39. The molecule has 0 saturated carbocycles. The van der Waals surface area contributed by atoms with Crippen molar-refractivity contribution in [2.45, 2.75) is 91.9 Å². The number of unbranched alkanes of at least 4 members (excludes halogenated alkanes) is 5. The van der Waals surface area contributed by atoms with Crippen molar-refractivity contribution in [3.8, 4) is 16.9 Å². The number of aryl methyl sites for hydroxylation is 3. The van der Waals surface area contributed by atoms with E-state index in [2.05, 4.69) is 20.1 Å². The number of ether oxygens (including phenoxy) is 9. The second-order valence-corrected chi connectivity index (χ2v) is 15.4. The van der Waals surface area contributed by atoms with E-state index in [0.717, 1.165) is 37.7 Å². The monoisotopic (exact) mass is 900 g/mol. The van der Waals surface area contributed by atoms with Crippen LogP contribution < -0.4 is 4.74 Å². The molecule has 0 saturated heterocycles. The number of benzene rings is 2. The first-order valence-corrected chi connectivity index (χ1v) is 21.5. The first-order chi connectivity index (χ1) is 30.6. The lowest BCUT2D eigenvalue weighted by Crippen LogP contribution is -2.45. The highest BCUT2D eigenvalue weighted by Crippen LogP contribution is 2.35. The minimum Gasteiger partial charge on any atom is -0.492 e. The first kappa shape index (κ1) is 54.5. The summed E-state index contributed by atoms with van der Waals surface area (Å²) >= 11 is 0. The number of hydrogen-bond acceptors (Lipinski definition) is 15. The zero-order valence-electron chi connectivity index (χ0n) is 38.2. The molecule has 15 nitrogen and oxygen atoms in total. The summed E-state index contributed by atoms with van der Waals surface area (Å²) in [5, 5.41) is 0. The average molecular weight is 901 g/mol. The van der Waals surface area contributed by atoms with Gasteiger partial charge in [0.15, 0.2) is 0 Å². The van der Waals surface area contributed by atoms with E-state index in [4.69, 9.17) is 42.6 Å². The van der Waals surface area contributed by atoms with E-state index in [1.807, 2.05) is 13.0 Å². The molecule has 0 heterocycles. The Bertz CT molecular complexity index is 1850. The molecule has 0 fully saturated rings. The lowest BCUT2D eigenvalue weighted by atomic mass is 9.91. The topological polar surface area (TPSA) is 185 Å². The lowest BCUT2D eigenvalue weighted by Gasteiger charge is -2.32. The maximum atomic E-state index is 16.0. The van der Waals surface area contributed by atoms with Gasteiger partial charge in [0.05, 0.1) is 19.8 Å². The molecular formula is C48H65FO15. The summed E-state index contributed by atoms with van der Waals surface area (Å²) in [6.45, 7) is 11.0. The molecule has 64 heavy (non-hydrogen) atoms. The SMILES string of the molecule is C=C(C)C(=O)OCCCc1cc(-c2ccc(CCCCCCCC)cc2F)c(CC)cc1OCC(COC(=O)C(=C)C)(COC(=O)C(=O)OCCOC)COC(=O)C(=O)OCCOC. The second-order valence-electron chi connectivity index (χ2n) is 15.4. The molecule has 2 aromatic carbocycles. The zero-order valence-corrected chi connectivity index (χ0v) is 38.2. The van der Waals surface area contributed by atoms with Crippen LogP contribution in [0, 0.1) is 11.2 Å². The first-order valence-electron chi connectivity index (χ1n) is 21.5. The molecule has 0 aliphatic heterocycles. The van der Waals surface area contributed by atoms with Crippen LogP contribution in [0.5, 0.6) is 5.75 Å². The van der Waals surface area contributed by atoms with Crippen LogP contribution >= 0.6 is 0 Å². The fourth-order valence-corrected chi connectivity index (χ4v) is 6.06. The Morgan fingerprint density at radius 2 is 1.06 bits per heavy atom. The number of carbonyl (C=O) groups excluding carboxylic acids is 6. The van der Waals surface area contributed by atoms with Crippen molar-refractivity contribution >= 4 is 35.8 Å². The van der Waals surface area contributed by atoms with Crippen LogP contribution in [0.1, 0.15) is 89.3 Å². The molecule has 2 aromatic rings. The van der Waals surface area contributed by atoms with Gasteiger partial charge in [-0.05, 0) is 86.4 Å². The molecule has 0 aliphatic carbocycles. The average Bonchev–Trinajstić information content (AvgIpc) is 3.28. The number of hydrogen-bond donors (Lipinski definition) is 0. The summed E-state index contributed by atoms with van der Waals surface area (Å²) in [6, 6.07) is 8.76. The Labute approximate surface area is 375 Å². The largest absolute Gasteiger partial charge is 0.492 e. The normalized spacial score (nSPS) is 11.0. The Morgan fingerprint density at radius 1 is 0.547 bits per heavy atom. The van der Waals surface area contributed by atoms with Gasteiger partial charge in [0.1, 0.15) is 56.6 Å². The summed E-state index contributed by atoms with van der Waals surface area (Å²) in [4.78, 5) is 75.4. The molecule has 0 atom stereocenters. The third kappa shape index (κ3) is 19.4. The lowest BCUT2D eigenvalue weighted by molar-refractivity contribution is -0.179. The fourth-order valence-electron chi connectivity index (χ4n) is 6.06. The zero-order chi connectivity index (χ0) is 47.5. The highest BCUT2D eigenvalue weighted by atomic mass is 19.1. The van der Waals surface area contributed by atoms with E-state index >= 15 is 4.39 Å². The number of halogens is 1. The van der Waals surface area contributed by atoms with Gasteiger partial charge >= 0.3 is 35.8 Å². The maximum Gasteiger partial charge on any atom is 0.417 e. The van der Waals surface area contributed by atoms with E-state index in [9.17, 15) is 28.8 Å². The van der Waals surface area contributed by atoms with E-state index in [0.29, 0.717) is 35.1 Å². The van der Waals surface area contributed by atoms with Crippen molar-refractivity contribution < 1.29 is 75.8 Å². The number of esters is 6. The fraction of sp³-hybridized carbons (Fsp3) is 0.542. The van der Waals surface area contributed by atoms with E-state index in [1.165, 1.54) is 40.9 Å². The predicted octanol–water partition coefficient (Wildman–Crippen LogP) is 6.96. The van der Waals surface area contributed by atoms with E-state index < -0.39 is 73.5 Å². The van der Waals surface area contributed by atoms with Gasteiger partial charge in [-0.25, -0.2) is 33.2 Å². The van der Waals surface area contributed by atoms with Crippen molar-refractivity contribution in [2.24, 2.45) is 5.41 Å². The molecule has 0 radical (unpaired) electrons. The molecule has 0 N–H and O–H groups in total. The van der Waals surface area contributed by atoms with Crippen LogP contribution in [0.3, 0.4) is 0 Å². The van der Waals surface area contributed by atoms with Gasteiger partial charge in [-0.3, -0.25) is 0 Å². The highest BCUT2D eigenvalue weighted by molar-refractivity contribution is 6.30. The minimum atomic E-state index is -1.78. The van der Waals surface area contributed by atoms with Gasteiger partial charge in [0.2, 0.25) is 0 Å². The van der Waals surface area contributed by atoms with Crippen LogP contribution in [0.25, 0.3) is 11.1 Å². The van der Waals surface area contributed by atoms with E-state index in [1.54, 1.807) is 24.3 Å². The third-order valence-electron chi connectivity index (χ3n) is 9.77. The van der Waals surface area contributed by atoms with Crippen molar-refractivity contribution in [1.82, 2.24) is 0 Å². The number of methoxy groups -OCH3 is 2. The quantitative estimate of drug-likeness (QED) is 0.0257. The van der Waals surface area contributed by atoms with Gasteiger partial charge in [-0.1, -0.05) is 71.2 Å². The molecular weight excluding hydrogens is 836 g/mol. The summed E-state index contributed by atoms with van der Waals surface area (Å²) in [7, 11) is 2.74. The number of rotatable bonds is 30. The molecule has 16 heteroatoms. The predicted molar refractivity (Wildman–Crippen MR) is 234 cm³/mol. The molecule has 0 spiro atoms. The van der Waals surface area contributed by atoms with Crippen molar-refractivity contribution in [3.05, 3.63) is 77.1 Å². The molecule has 0 unspecified atom stereocenters. The minimum absolute atomic E-state index is 0.00150. The van der Waals surface area contributed by atoms with E-state index in [-0.39, 0.29) is 56.4 Å². The maximum absolute atomic E-state index is 16.0. The van der Waals surface area contributed by atoms with Crippen molar-refractivity contribution in [3.63, 3.8) is 0 Å². The summed E-state index contributed by atoms with van der Waals surface area (Å²) in [5.41, 5.74) is 1.58. The van der Waals surface area contributed by atoms with Crippen molar-refractivity contribution in [2.75, 3.05) is 73.7 Å². The van der Waals surface area contributed by atoms with Crippen LogP contribution in [0.2, 0.25) is 0 Å². The Morgan fingerprint density at radius 3 is 1.59 bits per heavy atom. The summed E-state index contributed by atoms with van der Waals surface area (Å²) < 4.78 is 63.4. The van der Waals surface area contributed by atoms with Gasteiger partial charge in [0, 0.05) is 30.9 Å². The molecule has 2 rings (SSSR count). The van der Waals surface area contributed by atoms with Gasteiger partial charge < -0.3 is 42.6 Å². The van der Waals surface area contributed by atoms with Gasteiger partial charge in [-0.15, -0.1) is 0 Å². The smallest absolute Gasteiger partial charge is 0.417 e. The van der Waals surface area contributed by atoms with Gasteiger partial charge in [0.25, 0.3) is 0 Å². The molecule has 0 bridgehead atoms. The number of carbonyl (C=O) groups is 6. The van der Waals surface area contributed by atoms with Crippen molar-refractivity contribution in [1.29, 1.82) is 0 Å². The summed E-state index contributed by atoms with van der Waals surface area (Å²) in [6.07, 6.45) is 8.48. The van der Waals surface area contributed by atoms with Crippen LogP contribution in [0.4, 0.5) is 4.39 Å².